The maximum Gasteiger partial charge on any atom is 0.255 e. The van der Waals surface area contributed by atoms with E-state index in [9.17, 15) is 9.59 Å². The number of hydrogen-bond acceptors (Lipinski definition) is 18. The number of halogens is 2. The molecule has 2 amide bonds. The Bertz CT molecular complexity index is 3310. The van der Waals surface area contributed by atoms with Gasteiger partial charge in [0.1, 0.15) is 23.2 Å². The van der Waals surface area contributed by atoms with Gasteiger partial charge in [-0.1, -0.05) is 23.2 Å². The Morgan fingerprint density at radius 1 is 0.569 bits per heavy atom. The quantitative estimate of drug-likeness (QED) is 0.0536. The van der Waals surface area contributed by atoms with Crippen molar-refractivity contribution in [3.05, 3.63) is 128 Å². The molecule has 22 heteroatoms. The first kappa shape index (κ1) is 51.5. The number of furan rings is 2. The highest BCUT2D eigenvalue weighted by Crippen LogP contribution is 2.42. The lowest BCUT2D eigenvalue weighted by Crippen LogP contribution is -2.23. The van der Waals surface area contributed by atoms with Crippen molar-refractivity contribution in [1.82, 2.24) is 29.7 Å². The topological polar surface area (TPSA) is 284 Å². The van der Waals surface area contributed by atoms with E-state index in [-0.39, 0.29) is 23.7 Å². The lowest BCUT2D eigenvalue weighted by molar-refractivity contribution is 0.0821. The molecule has 0 aliphatic rings. The van der Waals surface area contributed by atoms with E-state index in [1.807, 2.05) is 24.3 Å². The SMILES string of the molecule is COc1cc(Cc2cnc(N)nc2N)c2cc(CNc3cc(Cl)ccc3C(=O)N(C)C)oc2c1OC.COc1cc(Cc2cnc(N)nc2N)c2cc(CNc3ccc(Cl)cc3C(=O)N(C)C)oc2c1OC. The molecule has 0 fully saturated rings. The minimum atomic E-state index is -0.165. The minimum absolute atomic E-state index is 0.110. The number of rotatable bonds is 16. The van der Waals surface area contributed by atoms with Gasteiger partial charge >= 0.3 is 0 Å². The normalized spacial score (nSPS) is 10.9. The molecule has 20 nitrogen and oxygen atoms in total. The molecule has 8 aromatic rings. The second kappa shape index (κ2) is 22.2. The standard InChI is InChI=1S/2C25H27ClN6O4/c1-32(2)24(33)18-9-15(26)5-6-19(18)29-12-16-10-17-13(7-14-11-30-25(28)31-23(14)27)8-20(34-3)22(35-4)21(17)36-16;1-32(2)24(33)17-6-5-15(26)9-19(17)29-12-16-10-18-13(7-14-11-30-25(28)31-23(14)27)8-20(34-3)22(35-4)21(18)36-16/h2*5-6,8-11,29H,7,12H2,1-4H3,(H4,27,28,30,31). The lowest BCUT2D eigenvalue weighted by Gasteiger charge is -2.15. The number of hydrogen-bond donors (Lipinski definition) is 6. The molecule has 0 radical (unpaired) electrons. The van der Waals surface area contributed by atoms with Crippen LogP contribution in [0.25, 0.3) is 21.9 Å². The van der Waals surface area contributed by atoms with Crippen LogP contribution in [0.5, 0.6) is 23.0 Å². The fraction of sp³-hybridized carbons (Fsp3) is 0.240. The van der Waals surface area contributed by atoms with Crippen molar-refractivity contribution >= 4 is 91.9 Å². The Labute approximate surface area is 424 Å². The van der Waals surface area contributed by atoms with Crippen molar-refractivity contribution in [3.63, 3.8) is 0 Å². The van der Waals surface area contributed by atoms with E-state index >= 15 is 0 Å². The molecule has 0 saturated heterocycles. The number of nitrogens with one attached hydrogen (secondary N) is 2. The molecule has 376 valence electrons. The molecule has 0 bridgehead atoms. The van der Waals surface area contributed by atoms with Crippen LogP contribution in [0.4, 0.5) is 34.9 Å². The average molecular weight is 1020 g/mol. The summed E-state index contributed by atoms with van der Waals surface area (Å²) < 4.78 is 34.6. The molecule has 4 heterocycles. The van der Waals surface area contributed by atoms with Crippen LogP contribution in [0.1, 0.15) is 54.5 Å². The number of nitrogens with zero attached hydrogens (tertiary/aromatic N) is 6. The summed E-state index contributed by atoms with van der Waals surface area (Å²) in [7, 11) is 13.0. The number of fused-ring (bicyclic) bond motifs is 2. The van der Waals surface area contributed by atoms with E-state index in [0.29, 0.717) is 127 Å². The Morgan fingerprint density at radius 2 is 1.01 bits per heavy atom. The van der Waals surface area contributed by atoms with E-state index in [4.69, 9.17) is 73.9 Å². The molecule has 8 rings (SSSR count). The van der Waals surface area contributed by atoms with Gasteiger partial charge in [-0.05, 0) is 71.8 Å². The summed E-state index contributed by atoms with van der Waals surface area (Å²) in [6, 6.07) is 17.8. The van der Waals surface area contributed by atoms with Gasteiger partial charge in [0.15, 0.2) is 22.7 Å². The third-order valence-corrected chi connectivity index (χ3v) is 11.8. The Balaban J connectivity index is 0.000000211. The lowest BCUT2D eigenvalue weighted by atomic mass is 10.0. The molecule has 0 saturated carbocycles. The molecule has 10 N–H and O–H groups in total. The van der Waals surface area contributed by atoms with Gasteiger partial charge in [0, 0.05) is 96.7 Å². The maximum atomic E-state index is 12.6. The minimum Gasteiger partial charge on any atom is -0.493 e. The molecular formula is C50H54Cl2N12O8. The molecule has 0 aliphatic carbocycles. The summed E-state index contributed by atoms with van der Waals surface area (Å²) >= 11 is 12.3. The highest BCUT2D eigenvalue weighted by atomic mass is 35.5. The molecular weight excluding hydrogens is 968 g/mol. The number of benzene rings is 4. The zero-order chi connectivity index (χ0) is 52.0. The first-order valence-electron chi connectivity index (χ1n) is 22.0. The van der Waals surface area contributed by atoms with Crippen molar-refractivity contribution in [2.45, 2.75) is 25.9 Å². The first-order valence-corrected chi connectivity index (χ1v) is 22.7. The Kier molecular flexibility index (Phi) is 15.8. The van der Waals surface area contributed by atoms with E-state index in [1.165, 1.54) is 9.80 Å². The van der Waals surface area contributed by atoms with Crippen LogP contribution in [0, 0.1) is 0 Å². The van der Waals surface area contributed by atoms with Crippen LogP contribution in [-0.4, -0.2) is 98.2 Å². The van der Waals surface area contributed by atoms with Crippen LogP contribution < -0.4 is 52.5 Å². The van der Waals surface area contributed by atoms with E-state index in [1.54, 1.807) is 105 Å². The van der Waals surface area contributed by atoms with Gasteiger partial charge in [0.05, 0.1) is 52.7 Å². The smallest absolute Gasteiger partial charge is 0.255 e. The van der Waals surface area contributed by atoms with Crippen molar-refractivity contribution in [1.29, 1.82) is 0 Å². The molecule has 4 aromatic carbocycles. The number of carbonyl (C=O) groups excluding carboxylic acids is 2. The highest BCUT2D eigenvalue weighted by Gasteiger charge is 2.23. The second-order valence-corrected chi connectivity index (χ2v) is 17.4. The van der Waals surface area contributed by atoms with Crippen molar-refractivity contribution in [2.24, 2.45) is 0 Å². The molecule has 0 unspecified atom stereocenters. The number of nitrogen functional groups attached to an aromatic ring is 4. The van der Waals surface area contributed by atoms with Gasteiger partial charge in [0.2, 0.25) is 23.4 Å². The van der Waals surface area contributed by atoms with Gasteiger partial charge < -0.3 is 71.1 Å². The number of ether oxygens (including phenoxy) is 4. The zero-order valence-corrected chi connectivity index (χ0v) is 42.3. The largest absolute Gasteiger partial charge is 0.493 e. The van der Waals surface area contributed by atoms with Gasteiger partial charge in [-0.15, -0.1) is 0 Å². The third kappa shape index (κ3) is 11.3. The highest BCUT2D eigenvalue weighted by molar-refractivity contribution is 6.31. The van der Waals surface area contributed by atoms with Crippen LogP contribution in [0.15, 0.2) is 81.9 Å². The number of carbonyl (C=O) groups is 2. The fourth-order valence-corrected chi connectivity index (χ4v) is 8.12. The van der Waals surface area contributed by atoms with Crippen molar-refractivity contribution in [3.8, 4) is 23.0 Å². The van der Waals surface area contributed by atoms with Gasteiger partial charge in [-0.3, -0.25) is 9.59 Å². The number of amides is 2. The predicted molar refractivity (Wildman–Crippen MR) is 280 cm³/mol. The summed E-state index contributed by atoms with van der Waals surface area (Å²) in [5.74, 6) is 3.72. The number of methoxy groups -OCH3 is 4. The Hall–Kier alpha value is -8.36. The Morgan fingerprint density at radius 3 is 1.46 bits per heavy atom. The van der Waals surface area contributed by atoms with Crippen molar-refractivity contribution < 1.29 is 37.4 Å². The summed E-state index contributed by atoms with van der Waals surface area (Å²) in [5, 5.41) is 9.16. The zero-order valence-electron chi connectivity index (χ0n) is 40.8. The second-order valence-electron chi connectivity index (χ2n) is 16.6. The van der Waals surface area contributed by atoms with Crippen LogP contribution in [0.2, 0.25) is 10.0 Å². The van der Waals surface area contributed by atoms with E-state index in [0.717, 1.165) is 21.9 Å². The number of nitrogens with two attached hydrogens (primary N) is 4. The summed E-state index contributed by atoms with van der Waals surface area (Å²) in [6.07, 6.45) is 4.05. The number of anilines is 6. The predicted octanol–water partition coefficient (Wildman–Crippen LogP) is 7.93. The summed E-state index contributed by atoms with van der Waals surface area (Å²) in [5.41, 5.74) is 29.8. The van der Waals surface area contributed by atoms with Crippen LogP contribution in [-0.2, 0) is 25.9 Å². The molecule has 0 atom stereocenters. The molecule has 0 aliphatic heterocycles. The van der Waals surface area contributed by atoms with Crippen LogP contribution in [0.3, 0.4) is 0 Å². The maximum absolute atomic E-state index is 12.6. The van der Waals surface area contributed by atoms with Gasteiger partial charge in [-0.25, -0.2) is 9.97 Å². The van der Waals surface area contributed by atoms with E-state index < -0.39 is 0 Å². The van der Waals surface area contributed by atoms with E-state index in [2.05, 4.69) is 30.6 Å². The summed E-state index contributed by atoms with van der Waals surface area (Å²) in [4.78, 5) is 44.5. The fourth-order valence-electron chi connectivity index (χ4n) is 7.78. The average Bonchev–Trinajstić information content (AvgIpc) is 3.99. The van der Waals surface area contributed by atoms with Gasteiger partial charge in [-0.2, -0.15) is 9.97 Å². The van der Waals surface area contributed by atoms with Gasteiger partial charge in [0.25, 0.3) is 11.8 Å². The van der Waals surface area contributed by atoms with Crippen molar-refractivity contribution in [2.75, 3.05) is 90.2 Å². The molecule has 72 heavy (non-hydrogen) atoms. The number of aromatic nitrogens is 4. The molecule has 0 spiro atoms. The molecule has 4 aromatic heterocycles. The monoisotopic (exact) mass is 1020 g/mol. The first-order chi connectivity index (χ1) is 34.4. The third-order valence-electron chi connectivity index (χ3n) is 11.3. The van der Waals surface area contributed by atoms with Crippen LogP contribution >= 0.6 is 23.2 Å². The summed E-state index contributed by atoms with van der Waals surface area (Å²) in [6.45, 7) is 0.600.